The van der Waals surface area contributed by atoms with E-state index in [1.54, 1.807) is 14.0 Å². The van der Waals surface area contributed by atoms with E-state index in [4.69, 9.17) is 18.7 Å². The Morgan fingerprint density at radius 3 is 2.50 bits per heavy atom. The van der Waals surface area contributed by atoms with Gasteiger partial charge in [-0.1, -0.05) is 5.16 Å². The molecule has 0 saturated carbocycles. The molecule has 0 aromatic carbocycles. The van der Waals surface area contributed by atoms with Crippen molar-refractivity contribution in [1.82, 2.24) is 15.5 Å². The van der Waals surface area contributed by atoms with Crippen LogP contribution in [0.1, 0.15) is 11.7 Å². The number of methoxy groups -OCH3 is 1. The van der Waals surface area contributed by atoms with Crippen LogP contribution in [0, 0.1) is 6.92 Å². The number of aryl methyl sites for hydroxylation is 1. The Bertz CT molecular complexity index is 306. The first kappa shape index (κ1) is 15.0. The standard InChI is InChI=1S/C11H21N3O4/c1-10-13-11(14-18-10)9-12-3-4-16-7-8-17-6-5-15-2/h12H,3-9H2,1-2H3. The first-order valence-electron chi connectivity index (χ1n) is 5.97. The lowest BCUT2D eigenvalue weighted by Crippen LogP contribution is -2.21. The Morgan fingerprint density at radius 1 is 1.11 bits per heavy atom. The second kappa shape index (κ2) is 9.95. The largest absolute Gasteiger partial charge is 0.382 e. The highest BCUT2D eigenvalue weighted by Gasteiger charge is 2.00. The summed E-state index contributed by atoms with van der Waals surface area (Å²) in [5.74, 6) is 1.24. The number of hydrogen-bond donors (Lipinski definition) is 1. The van der Waals surface area contributed by atoms with Crippen LogP contribution < -0.4 is 5.32 Å². The van der Waals surface area contributed by atoms with E-state index in [1.165, 1.54) is 0 Å². The highest BCUT2D eigenvalue weighted by molar-refractivity contribution is 4.82. The van der Waals surface area contributed by atoms with Crippen molar-refractivity contribution >= 4 is 0 Å². The van der Waals surface area contributed by atoms with Crippen LogP contribution in [0.25, 0.3) is 0 Å². The topological polar surface area (TPSA) is 78.6 Å². The number of nitrogens with one attached hydrogen (secondary N) is 1. The van der Waals surface area contributed by atoms with Crippen LogP contribution >= 0.6 is 0 Å². The van der Waals surface area contributed by atoms with Gasteiger partial charge in [0.2, 0.25) is 5.89 Å². The molecule has 7 nitrogen and oxygen atoms in total. The number of nitrogens with zero attached hydrogens (tertiary/aromatic N) is 2. The molecule has 1 aromatic rings. The lowest BCUT2D eigenvalue weighted by atomic mass is 10.5. The van der Waals surface area contributed by atoms with E-state index in [1.807, 2.05) is 0 Å². The summed E-state index contributed by atoms with van der Waals surface area (Å²) in [6.07, 6.45) is 0. The summed E-state index contributed by atoms with van der Waals surface area (Å²) < 4.78 is 20.3. The Balaban J connectivity index is 1.81. The SMILES string of the molecule is COCCOCCOCCNCc1noc(C)n1. The third-order valence-electron chi connectivity index (χ3n) is 2.08. The van der Waals surface area contributed by atoms with Crippen LogP contribution in [0.5, 0.6) is 0 Å². The Kier molecular flexibility index (Phi) is 8.32. The molecule has 0 saturated heterocycles. The maximum atomic E-state index is 5.36. The van der Waals surface area contributed by atoms with Crippen molar-refractivity contribution in [2.24, 2.45) is 0 Å². The van der Waals surface area contributed by atoms with E-state index < -0.39 is 0 Å². The molecule has 1 heterocycles. The molecule has 0 amide bonds. The molecular formula is C11H21N3O4. The van der Waals surface area contributed by atoms with E-state index in [0.717, 1.165) is 6.54 Å². The van der Waals surface area contributed by atoms with Gasteiger partial charge in [0.15, 0.2) is 5.82 Å². The van der Waals surface area contributed by atoms with Crippen molar-refractivity contribution in [3.8, 4) is 0 Å². The molecule has 0 unspecified atom stereocenters. The van der Waals surface area contributed by atoms with Crippen molar-refractivity contribution in [3.05, 3.63) is 11.7 Å². The summed E-state index contributed by atoms with van der Waals surface area (Å²) in [7, 11) is 1.65. The average molecular weight is 259 g/mol. The van der Waals surface area contributed by atoms with Gasteiger partial charge in [-0.15, -0.1) is 0 Å². The number of aromatic nitrogens is 2. The van der Waals surface area contributed by atoms with Crippen LogP contribution in [0.2, 0.25) is 0 Å². The molecule has 1 aromatic heterocycles. The predicted molar refractivity (Wildman–Crippen MR) is 64.3 cm³/mol. The molecule has 0 fully saturated rings. The fraction of sp³-hybridized carbons (Fsp3) is 0.818. The molecule has 0 aliphatic carbocycles. The summed E-state index contributed by atoms with van der Waals surface area (Å²) in [5, 5.41) is 6.93. The van der Waals surface area contributed by atoms with E-state index in [9.17, 15) is 0 Å². The second-order valence-electron chi connectivity index (χ2n) is 3.62. The molecule has 18 heavy (non-hydrogen) atoms. The zero-order valence-electron chi connectivity index (χ0n) is 11.0. The van der Waals surface area contributed by atoms with Gasteiger partial charge in [0.1, 0.15) is 0 Å². The van der Waals surface area contributed by atoms with Crippen LogP contribution in [0.3, 0.4) is 0 Å². The Hall–Kier alpha value is -1.02. The van der Waals surface area contributed by atoms with Gasteiger partial charge in [0, 0.05) is 20.6 Å². The van der Waals surface area contributed by atoms with Crippen LogP contribution in [0.4, 0.5) is 0 Å². The molecule has 0 aliphatic heterocycles. The van der Waals surface area contributed by atoms with E-state index in [0.29, 0.717) is 51.3 Å². The van der Waals surface area contributed by atoms with Crippen LogP contribution in [0.15, 0.2) is 4.52 Å². The van der Waals surface area contributed by atoms with Crippen LogP contribution in [-0.4, -0.2) is 56.8 Å². The maximum absolute atomic E-state index is 5.36. The first-order chi connectivity index (χ1) is 8.83. The smallest absolute Gasteiger partial charge is 0.223 e. The second-order valence-corrected chi connectivity index (χ2v) is 3.62. The minimum atomic E-state index is 0.580. The number of hydrogen-bond acceptors (Lipinski definition) is 7. The third-order valence-corrected chi connectivity index (χ3v) is 2.08. The lowest BCUT2D eigenvalue weighted by Gasteiger charge is -2.05. The molecule has 1 rings (SSSR count). The van der Waals surface area contributed by atoms with Gasteiger partial charge < -0.3 is 24.1 Å². The van der Waals surface area contributed by atoms with Crippen molar-refractivity contribution in [2.75, 3.05) is 46.7 Å². The quantitative estimate of drug-likeness (QED) is 0.566. The normalized spacial score (nSPS) is 11.0. The maximum Gasteiger partial charge on any atom is 0.223 e. The van der Waals surface area contributed by atoms with Gasteiger partial charge in [0.05, 0.1) is 39.6 Å². The molecule has 7 heteroatoms. The van der Waals surface area contributed by atoms with E-state index in [-0.39, 0.29) is 0 Å². The van der Waals surface area contributed by atoms with Crippen molar-refractivity contribution < 1.29 is 18.7 Å². The first-order valence-corrected chi connectivity index (χ1v) is 5.97. The fourth-order valence-electron chi connectivity index (χ4n) is 1.22. The molecule has 0 bridgehead atoms. The van der Waals surface area contributed by atoms with Crippen molar-refractivity contribution in [2.45, 2.75) is 13.5 Å². The van der Waals surface area contributed by atoms with Gasteiger partial charge in [-0.05, 0) is 0 Å². The molecule has 0 atom stereocenters. The minimum Gasteiger partial charge on any atom is -0.382 e. The van der Waals surface area contributed by atoms with Gasteiger partial charge in [-0.3, -0.25) is 0 Å². The third kappa shape index (κ3) is 7.33. The van der Waals surface area contributed by atoms with Crippen molar-refractivity contribution in [3.63, 3.8) is 0 Å². The van der Waals surface area contributed by atoms with Gasteiger partial charge in [-0.25, -0.2) is 0 Å². The zero-order valence-corrected chi connectivity index (χ0v) is 11.0. The molecule has 0 spiro atoms. The summed E-state index contributed by atoms with van der Waals surface area (Å²) in [6, 6.07) is 0. The molecule has 1 N–H and O–H groups in total. The predicted octanol–water partition coefficient (Wildman–Crippen LogP) is 0.147. The number of rotatable bonds is 11. The molecule has 0 aliphatic rings. The van der Waals surface area contributed by atoms with Gasteiger partial charge in [0.25, 0.3) is 0 Å². The van der Waals surface area contributed by atoms with E-state index in [2.05, 4.69) is 15.5 Å². The minimum absolute atomic E-state index is 0.580. The Labute approximate surface area is 107 Å². The summed E-state index contributed by atoms with van der Waals surface area (Å²) in [4.78, 5) is 4.07. The molecular weight excluding hydrogens is 238 g/mol. The van der Waals surface area contributed by atoms with Gasteiger partial charge >= 0.3 is 0 Å². The fourth-order valence-corrected chi connectivity index (χ4v) is 1.22. The van der Waals surface area contributed by atoms with E-state index >= 15 is 0 Å². The summed E-state index contributed by atoms with van der Waals surface area (Å²) >= 11 is 0. The summed E-state index contributed by atoms with van der Waals surface area (Å²) in [6.45, 7) is 6.13. The molecule has 0 radical (unpaired) electrons. The molecule has 104 valence electrons. The highest BCUT2D eigenvalue weighted by Crippen LogP contribution is 1.93. The highest BCUT2D eigenvalue weighted by atomic mass is 16.5. The zero-order chi connectivity index (χ0) is 13.1. The van der Waals surface area contributed by atoms with Gasteiger partial charge in [-0.2, -0.15) is 4.98 Å². The van der Waals surface area contributed by atoms with Crippen LogP contribution in [-0.2, 0) is 20.8 Å². The summed E-state index contributed by atoms with van der Waals surface area (Å²) in [5.41, 5.74) is 0. The number of ether oxygens (including phenoxy) is 3. The monoisotopic (exact) mass is 259 g/mol. The lowest BCUT2D eigenvalue weighted by molar-refractivity contribution is 0.0255. The Morgan fingerprint density at radius 2 is 1.83 bits per heavy atom. The van der Waals surface area contributed by atoms with Crippen molar-refractivity contribution in [1.29, 1.82) is 0 Å². The average Bonchev–Trinajstić information content (AvgIpc) is 2.77.